The number of imidazole rings is 1. The normalized spacial score (nSPS) is 24.8. The Morgan fingerprint density at radius 3 is 2.56 bits per heavy atom. The molecule has 0 aromatic carbocycles. The fourth-order valence-electron chi connectivity index (χ4n) is 5.52. The van der Waals surface area contributed by atoms with Crippen LogP contribution in [0.2, 0.25) is 0 Å². The monoisotopic (exact) mass is 428 g/mol. The first-order valence-corrected chi connectivity index (χ1v) is 11.1. The van der Waals surface area contributed by atoms with Gasteiger partial charge in [0.2, 0.25) is 0 Å². The number of aliphatic carboxylic acids is 1. The standard InChI is InChI=1S/C24H24N6O2/c1-15-3-2-4-17(27-15)20-19(16-5-6-18-25-14-26-30(18)13-16)28-21(29-20)23-7-10-24(11-8-23,12-9-23)22(31)32/h2-6,13-14H,7-12H2,1H3,(H,28,29)(H,31,32). The van der Waals surface area contributed by atoms with Gasteiger partial charge in [0, 0.05) is 22.9 Å². The number of nitrogens with one attached hydrogen (secondary N) is 1. The molecule has 3 fully saturated rings. The van der Waals surface area contributed by atoms with Crippen LogP contribution in [0.3, 0.4) is 0 Å². The Morgan fingerprint density at radius 1 is 1.06 bits per heavy atom. The summed E-state index contributed by atoms with van der Waals surface area (Å²) in [6.07, 6.45) is 8.13. The van der Waals surface area contributed by atoms with Gasteiger partial charge in [-0.15, -0.1) is 0 Å². The van der Waals surface area contributed by atoms with Gasteiger partial charge in [0.25, 0.3) is 0 Å². The molecule has 4 aromatic rings. The van der Waals surface area contributed by atoms with Crippen molar-refractivity contribution in [3.8, 4) is 22.6 Å². The minimum atomic E-state index is -0.642. The fraction of sp³-hybridized carbons (Fsp3) is 0.375. The van der Waals surface area contributed by atoms with Crippen molar-refractivity contribution >= 4 is 11.6 Å². The summed E-state index contributed by atoms with van der Waals surface area (Å²) in [4.78, 5) is 29.6. The molecule has 0 radical (unpaired) electrons. The average molecular weight is 428 g/mol. The number of carbonyl (C=O) groups is 1. The topological polar surface area (TPSA) is 109 Å². The zero-order chi connectivity index (χ0) is 21.9. The van der Waals surface area contributed by atoms with E-state index in [1.54, 1.807) is 4.52 Å². The number of fused-ring (bicyclic) bond motifs is 4. The molecule has 7 rings (SSSR count). The molecule has 8 heteroatoms. The van der Waals surface area contributed by atoms with E-state index in [1.165, 1.54) is 6.33 Å². The number of nitrogens with zero attached hydrogens (tertiary/aromatic N) is 5. The van der Waals surface area contributed by atoms with Gasteiger partial charge in [-0.2, -0.15) is 5.10 Å². The minimum Gasteiger partial charge on any atom is -0.481 e. The number of carboxylic acids is 1. The molecule has 3 aliphatic carbocycles. The molecule has 4 heterocycles. The van der Waals surface area contributed by atoms with Gasteiger partial charge in [-0.1, -0.05) is 6.07 Å². The molecule has 0 amide bonds. The van der Waals surface area contributed by atoms with Crippen molar-refractivity contribution in [1.29, 1.82) is 0 Å². The number of aryl methyl sites for hydroxylation is 1. The third kappa shape index (κ3) is 2.78. The SMILES string of the molecule is Cc1cccc(-c2[nH]c(C34CCC(C(=O)O)(CC3)CC4)nc2-c2ccc3ncnn3c2)n1. The molecular weight excluding hydrogens is 404 g/mol. The first-order valence-electron chi connectivity index (χ1n) is 11.1. The van der Waals surface area contributed by atoms with Crippen molar-refractivity contribution in [2.75, 3.05) is 0 Å². The maximum Gasteiger partial charge on any atom is 0.309 e. The number of aromatic nitrogens is 6. The third-order valence-corrected chi connectivity index (χ3v) is 7.60. The molecule has 0 saturated heterocycles. The van der Waals surface area contributed by atoms with Crippen molar-refractivity contribution in [3.63, 3.8) is 0 Å². The van der Waals surface area contributed by atoms with E-state index >= 15 is 0 Å². The Bertz CT molecular complexity index is 1330. The van der Waals surface area contributed by atoms with E-state index in [9.17, 15) is 9.90 Å². The van der Waals surface area contributed by atoms with E-state index in [-0.39, 0.29) is 5.41 Å². The van der Waals surface area contributed by atoms with Gasteiger partial charge in [-0.05, 0) is 69.7 Å². The van der Waals surface area contributed by atoms with E-state index in [4.69, 9.17) is 9.97 Å². The lowest BCUT2D eigenvalue weighted by Gasteiger charge is -2.50. The summed E-state index contributed by atoms with van der Waals surface area (Å²) in [5.74, 6) is 0.305. The smallest absolute Gasteiger partial charge is 0.309 e. The van der Waals surface area contributed by atoms with Gasteiger partial charge >= 0.3 is 5.97 Å². The maximum absolute atomic E-state index is 11.9. The number of rotatable bonds is 4. The van der Waals surface area contributed by atoms with Gasteiger partial charge in [-0.3, -0.25) is 9.78 Å². The largest absolute Gasteiger partial charge is 0.481 e. The Balaban J connectivity index is 1.48. The highest BCUT2D eigenvalue weighted by Crippen LogP contribution is 2.57. The summed E-state index contributed by atoms with van der Waals surface area (Å²) < 4.78 is 1.75. The summed E-state index contributed by atoms with van der Waals surface area (Å²) in [5.41, 5.74) is 4.58. The van der Waals surface area contributed by atoms with Gasteiger partial charge in [0.1, 0.15) is 12.2 Å². The summed E-state index contributed by atoms with van der Waals surface area (Å²) in [6.45, 7) is 1.98. The molecule has 2 bridgehead atoms. The molecule has 2 N–H and O–H groups in total. The molecule has 0 aliphatic heterocycles. The van der Waals surface area contributed by atoms with Gasteiger partial charge in [0.05, 0.1) is 22.5 Å². The lowest BCUT2D eigenvalue weighted by molar-refractivity contribution is -0.156. The quantitative estimate of drug-likeness (QED) is 0.505. The Morgan fingerprint density at radius 2 is 1.84 bits per heavy atom. The summed E-state index contributed by atoms with van der Waals surface area (Å²) in [5, 5.41) is 14.0. The molecule has 8 nitrogen and oxygen atoms in total. The van der Waals surface area contributed by atoms with Crippen LogP contribution in [0, 0.1) is 12.3 Å². The van der Waals surface area contributed by atoms with Crippen molar-refractivity contribution in [2.45, 2.75) is 50.9 Å². The molecule has 3 aliphatic rings. The van der Waals surface area contributed by atoms with Gasteiger partial charge < -0.3 is 10.1 Å². The summed E-state index contributed by atoms with van der Waals surface area (Å²) >= 11 is 0. The highest BCUT2D eigenvalue weighted by atomic mass is 16.4. The molecule has 162 valence electrons. The van der Waals surface area contributed by atoms with E-state index in [0.29, 0.717) is 19.3 Å². The Labute approximate surface area is 184 Å². The highest BCUT2D eigenvalue weighted by molar-refractivity contribution is 5.78. The fourth-order valence-corrected chi connectivity index (χ4v) is 5.52. The second-order valence-electron chi connectivity index (χ2n) is 9.32. The summed E-state index contributed by atoms with van der Waals surface area (Å²) in [6, 6.07) is 9.93. The maximum atomic E-state index is 11.9. The van der Waals surface area contributed by atoms with Crippen LogP contribution in [0.15, 0.2) is 42.9 Å². The van der Waals surface area contributed by atoms with Gasteiger partial charge in [-0.25, -0.2) is 14.5 Å². The van der Waals surface area contributed by atoms with Crippen LogP contribution in [0.25, 0.3) is 28.3 Å². The Kier molecular flexibility index (Phi) is 4.02. The zero-order valence-electron chi connectivity index (χ0n) is 17.9. The minimum absolute atomic E-state index is 0.106. The first kappa shape index (κ1) is 19.2. The number of hydrogen-bond acceptors (Lipinski definition) is 5. The molecule has 3 saturated carbocycles. The van der Waals surface area contributed by atoms with Crippen molar-refractivity contribution in [1.82, 2.24) is 29.5 Å². The van der Waals surface area contributed by atoms with Crippen LogP contribution in [-0.4, -0.2) is 40.6 Å². The van der Waals surface area contributed by atoms with Crippen LogP contribution >= 0.6 is 0 Å². The predicted molar refractivity (Wildman–Crippen MR) is 118 cm³/mol. The van der Waals surface area contributed by atoms with Crippen LogP contribution < -0.4 is 0 Å². The number of pyridine rings is 2. The molecule has 0 unspecified atom stereocenters. The van der Waals surface area contributed by atoms with Crippen LogP contribution in [0.5, 0.6) is 0 Å². The number of H-pyrrole nitrogens is 1. The molecule has 0 atom stereocenters. The molecule has 0 spiro atoms. The first-order chi connectivity index (χ1) is 15.5. The van der Waals surface area contributed by atoms with E-state index in [2.05, 4.69) is 15.1 Å². The van der Waals surface area contributed by atoms with E-state index in [1.807, 2.05) is 43.5 Å². The molecule has 4 aromatic heterocycles. The second-order valence-corrected chi connectivity index (χ2v) is 9.32. The average Bonchev–Trinajstić information content (AvgIpc) is 3.47. The highest BCUT2D eigenvalue weighted by Gasteiger charge is 2.54. The second kappa shape index (κ2) is 6.72. The van der Waals surface area contributed by atoms with Crippen LogP contribution in [0.4, 0.5) is 0 Å². The number of carboxylic acid groups (broad SMARTS) is 1. The molecular formula is C24H24N6O2. The van der Waals surface area contributed by atoms with Crippen LogP contribution in [0.1, 0.15) is 50.0 Å². The third-order valence-electron chi connectivity index (χ3n) is 7.60. The Hall–Kier alpha value is -3.55. The lowest BCUT2D eigenvalue weighted by atomic mass is 9.53. The summed E-state index contributed by atoms with van der Waals surface area (Å²) in [7, 11) is 0. The lowest BCUT2D eigenvalue weighted by Crippen LogP contribution is -2.48. The van der Waals surface area contributed by atoms with Crippen molar-refractivity contribution in [3.05, 3.63) is 54.4 Å². The molecule has 32 heavy (non-hydrogen) atoms. The van der Waals surface area contributed by atoms with Crippen molar-refractivity contribution < 1.29 is 9.90 Å². The van der Waals surface area contributed by atoms with E-state index < -0.39 is 11.4 Å². The predicted octanol–water partition coefficient (Wildman–Crippen LogP) is 4.17. The van der Waals surface area contributed by atoms with E-state index in [0.717, 1.165) is 59.1 Å². The number of aromatic amines is 1. The van der Waals surface area contributed by atoms with Crippen molar-refractivity contribution in [2.24, 2.45) is 5.41 Å². The van der Waals surface area contributed by atoms with Crippen LogP contribution in [-0.2, 0) is 10.2 Å². The zero-order valence-corrected chi connectivity index (χ0v) is 17.9. The van der Waals surface area contributed by atoms with Gasteiger partial charge in [0.15, 0.2) is 5.65 Å². The number of hydrogen-bond donors (Lipinski definition) is 2.